The molecule has 2 aromatic carbocycles. The van der Waals surface area contributed by atoms with Gasteiger partial charge in [-0.05, 0) is 34.7 Å². The minimum absolute atomic E-state index is 0.106. The molecule has 3 heteroatoms. The standard InChI is InChI=1S/C17H19NO2/c1-2-12-8-9-14(16(11-18)17(19)20)10-15(12)13-6-4-3-5-7-13/h3-10,16H,2,11,18H2,1H3,(H,19,20). The lowest BCUT2D eigenvalue weighted by Gasteiger charge is -2.15. The molecule has 3 N–H and O–H groups in total. The summed E-state index contributed by atoms with van der Waals surface area (Å²) < 4.78 is 0. The van der Waals surface area contributed by atoms with E-state index in [0.717, 1.165) is 23.1 Å². The zero-order valence-electron chi connectivity index (χ0n) is 11.5. The van der Waals surface area contributed by atoms with Crippen LogP contribution in [0.25, 0.3) is 11.1 Å². The molecule has 20 heavy (non-hydrogen) atoms. The predicted molar refractivity (Wildman–Crippen MR) is 80.7 cm³/mol. The van der Waals surface area contributed by atoms with Gasteiger partial charge in [0.2, 0.25) is 0 Å². The van der Waals surface area contributed by atoms with E-state index in [1.54, 1.807) is 0 Å². The maximum absolute atomic E-state index is 11.3. The molecule has 0 aromatic heterocycles. The number of aryl methyl sites for hydroxylation is 1. The summed E-state index contributed by atoms with van der Waals surface area (Å²) >= 11 is 0. The lowest BCUT2D eigenvalue weighted by atomic mass is 9.91. The van der Waals surface area contributed by atoms with Crippen molar-refractivity contribution < 1.29 is 9.90 Å². The number of carboxylic acid groups (broad SMARTS) is 1. The third kappa shape index (κ3) is 2.89. The van der Waals surface area contributed by atoms with Crippen molar-refractivity contribution in [3.8, 4) is 11.1 Å². The molecular weight excluding hydrogens is 250 g/mol. The summed E-state index contributed by atoms with van der Waals surface area (Å²) in [6.45, 7) is 2.20. The topological polar surface area (TPSA) is 63.3 Å². The first-order chi connectivity index (χ1) is 9.67. The molecule has 0 saturated carbocycles. The van der Waals surface area contributed by atoms with Gasteiger partial charge in [-0.25, -0.2) is 0 Å². The highest BCUT2D eigenvalue weighted by molar-refractivity contribution is 5.78. The Morgan fingerprint density at radius 1 is 1.20 bits per heavy atom. The first-order valence-electron chi connectivity index (χ1n) is 6.78. The number of aliphatic carboxylic acids is 1. The average Bonchev–Trinajstić information content (AvgIpc) is 2.48. The summed E-state index contributed by atoms with van der Waals surface area (Å²) in [6, 6.07) is 15.9. The number of hydrogen-bond donors (Lipinski definition) is 2. The highest BCUT2D eigenvalue weighted by Crippen LogP contribution is 2.28. The Hall–Kier alpha value is -2.13. The number of benzene rings is 2. The molecule has 0 fully saturated rings. The monoisotopic (exact) mass is 269 g/mol. The molecule has 0 saturated heterocycles. The number of carboxylic acids is 1. The Kier molecular flexibility index (Phi) is 4.53. The first-order valence-corrected chi connectivity index (χ1v) is 6.78. The number of rotatable bonds is 5. The largest absolute Gasteiger partial charge is 0.481 e. The first kappa shape index (κ1) is 14.3. The molecule has 0 spiro atoms. The van der Waals surface area contributed by atoms with E-state index in [-0.39, 0.29) is 6.54 Å². The van der Waals surface area contributed by atoms with Crippen LogP contribution in [0.5, 0.6) is 0 Å². The Balaban J connectivity index is 2.52. The van der Waals surface area contributed by atoms with Gasteiger partial charge < -0.3 is 10.8 Å². The van der Waals surface area contributed by atoms with Crippen molar-refractivity contribution in [3.05, 3.63) is 59.7 Å². The molecule has 0 heterocycles. The van der Waals surface area contributed by atoms with Gasteiger partial charge in [0.25, 0.3) is 0 Å². The second-order valence-corrected chi connectivity index (χ2v) is 4.76. The van der Waals surface area contributed by atoms with Gasteiger partial charge in [-0.15, -0.1) is 0 Å². The molecule has 104 valence electrons. The van der Waals surface area contributed by atoms with Gasteiger partial charge in [0, 0.05) is 6.54 Å². The van der Waals surface area contributed by atoms with Crippen LogP contribution in [0.2, 0.25) is 0 Å². The number of hydrogen-bond acceptors (Lipinski definition) is 2. The third-order valence-corrected chi connectivity index (χ3v) is 3.54. The summed E-state index contributed by atoms with van der Waals surface area (Å²) in [5, 5.41) is 9.23. The van der Waals surface area contributed by atoms with E-state index >= 15 is 0 Å². The van der Waals surface area contributed by atoms with E-state index in [2.05, 4.69) is 6.92 Å². The van der Waals surface area contributed by atoms with E-state index in [1.165, 1.54) is 5.56 Å². The molecule has 0 amide bonds. The maximum Gasteiger partial charge on any atom is 0.312 e. The van der Waals surface area contributed by atoms with Crippen LogP contribution in [0, 0.1) is 0 Å². The second kappa shape index (κ2) is 6.35. The number of nitrogens with two attached hydrogens (primary N) is 1. The minimum Gasteiger partial charge on any atom is -0.481 e. The molecule has 0 aliphatic heterocycles. The molecule has 0 aliphatic carbocycles. The van der Waals surface area contributed by atoms with Gasteiger partial charge in [0.1, 0.15) is 0 Å². The highest BCUT2D eigenvalue weighted by Gasteiger charge is 2.19. The molecule has 2 aromatic rings. The minimum atomic E-state index is -0.879. The SMILES string of the molecule is CCc1ccc(C(CN)C(=O)O)cc1-c1ccccc1. The van der Waals surface area contributed by atoms with Gasteiger partial charge in [-0.2, -0.15) is 0 Å². The lowest BCUT2D eigenvalue weighted by Crippen LogP contribution is -2.21. The van der Waals surface area contributed by atoms with Crippen LogP contribution in [0.3, 0.4) is 0 Å². The predicted octanol–water partition coefficient (Wildman–Crippen LogP) is 3.04. The van der Waals surface area contributed by atoms with E-state index in [1.807, 2.05) is 48.5 Å². The van der Waals surface area contributed by atoms with Crippen molar-refractivity contribution in [1.29, 1.82) is 0 Å². The lowest BCUT2D eigenvalue weighted by molar-refractivity contribution is -0.138. The van der Waals surface area contributed by atoms with E-state index in [0.29, 0.717) is 0 Å². The molecule has 0 radical (unpaired) electrons. The van der Waals surface area contributed by atoms with Crippen LogP contribution in [0.15, 0.2) is 48.5 Å². The quantitative estimate of drug-likeness (QED) is 0.877. The van der Waals surface area contributed by atoms with Crippen LogP contribution in [0.4, 0.5) is 0 Å². The fourth-order valence-electron chi connectivity index (χ4n) is 2.39. The molecule has 3 nitrogen and oxygen atoms in total. The normalized spacial score (nSPS) is 12.1. The Morgan fingerprint density at radius 3 is 2.45 bits per heavy atom. The highest BCUT2D eigenvalue weighted by atomic mass is 16.4. The molecular formula is C17H19NO2. The van der Waals surface area contributed by atoms with E-state index < -0.39 is 11.9 Å². The Bertz CT molecular complexity index is 593. The fourth-order valence-corrected chi connectivity index (χ4v) is 2.39. The molecule has 2 rings (SSSR count). The van der Waals surface area contributed by atoms with Crippen LogP contribution >= 0.6 is 0 Å². The van der Waals surface area contributed by atoms with Crippen LogP contribution in [0.1, 0.15) is 24.0 Å². The van der Waals surface area contributed by atoms with Crippen molar-refractivity contribution in [3.63, 3.8) is 0 Å². The van der Waals surface area contributed by atoms with Crippen LogP contribution in [-0.2, 0) is 11.2 Å². The molecule has 1 unspecified atom stereocenters. The van der Waals surface area contributed by atoms with Gasteiger partial charge in [0.15, 0.2) is 0 Å². The van der Waals surface area contributed by atoms with E-state index in [9.17, 15) is 9.90 Å². The van der Waals surface area contributed by atoms with E-state index in [4.69, 9.17) is 5.73 Å². The van der Waals surface area contributed by atoms with Crippen LogP contribution < -0.4 is 5.73 Å². The zero-order valence-corrected chi connectivity index (χ0v) is 11.5. The maximum atomic E-state index is 11.3. The van der Waals surface area contributed by atoms with Crippen molar-refractivity contribution in [1.82, 2.24) is 0 Å². The Labute approximate surface area is 119 Å². The second-order valence-electron chi connectivity index (χ2n) is 4.76. The average molecular weight is 269 g/mol. The van der Waals surface area contributed by atoms with Crippen molar-refractivity contribution in [2.45, 2.75) is 19.3 Å². The van der Waals surface area contributed by atoms with Crippen LogP contribution in [-0.4, -0.2) is 17.6 Å². The summed E-state index contributed by atoms with van der Waals surface area (Å²) in [5.41, 5.74) is 9.75. The molecule has 0 aliphatic rings. The third-order valence-electron chi connectivity index (χ3n) is 3.54. The van der Waals surface area contributed by atoms with Crippen molar-refractivity contribution in [2.75, 3.05) is 6.54 Å². The summed E-state index contributed by atoms with van der Waals surface area (Å²) in [7, 11) is 0. The zero-order chi connectivity index (χ0) is 14.5. The van der Waals surface area contributed by atoms with Gasteiger partial charge >= 0.3 is 5.97 Å². The van der Waals surface area contributed by atoms with Gasteiger partial charge in [0.05, 0.1) is 5.92 Å². The number of carbonyl (C=O) groups is 1. The summed E-state index contributed by atoms with van der Waals surface area (Å²) in [5.74, 6) is -1.53. The fraction of sp³-hybridized carbons (Fsp3) is 0.235. The van der Waals surface area contributed by atoms with Crippen molar-refractivity contribution in [2.24, 2.45) is 5.73 Å². The van der Waals surface area contributed by atoms with Gasteiger partial charge in [-0.1, -0.05) is 49.4 Å². The molecule has 1 atom stereocenters. The van der Waals surface area contributed by atoms with Gasteiger partial charge in [-0.3, -0.25) is 4.79 Å². The summed E-state index contributed by atoms with van der Waals surface area (Å²) in [4.78, 5) is 11.3. The summed E-state index contributed by atoms with van der Waals surface area (Å²) in [6.07, 6.45) is 0.908. The smallest absolute Gasteiger partial charge is 0.312 e. The Morgan fingerprint density at radius 2 is 1.90 bits per heavy atom. The molecule has 0 bridgehead atoms. The van der Waals surface area contributed by atoms with Crippen molar-refractivity contribution >= 4 is 5.97 Å².